The molecule has 32 heavy (non-hydrogen) atoms. The van der Waals surface area contributed by atoms with Crippen LogP contribution >= 0.6 is 0 Å². The van der Waals surface area contributed by atoms with Crippen molar-refractivity contribution in [3.63, 3.8) is 0 Å². The van der Waals surface area contributed by atoms with Crippen molar-refractivity contribution < 1.29 is 14.3 Å². The van der Waals surface area contributed by atoms with E-state index in [0.29, 0.717) is 5.69 Å². The highest BCUT2D eigenvalue weighted by atomic mass is 16.5. The van der Waals surface area contributed by atoms with Crippen LogP contribution in [0.4, 0.5) is 5.69 Å². The number of nitrogens with zero attached hydrogens (tertiary/aromatic N) is 2. The van der Waals surface area contributed by atoms with E-state index in [4.69, 9.17) is 4.74 Å². The first-order valence-electron chi connectivity index (χ1n) is 10.9. The number of H-pyrrole nitrogens is 1. The van der Waals surface area contributed by atoms with Crippen LogP contribution in [0.3, 0.4) is 0 Å². The monoisotopic (exact) mass is 434 g/mol. The first-order valence-corrected chi connectivity index (χ1v) is 10.9. The number of esters is 1. The highest BCUT2D eigenvalue weighted by Crippen LogP contribution is 2.28. The van der Waals surface area contributed by atoms with Crippen molar-refractivity contribution in [3.05, 3.63) is 65.9 Å². The van der Waals surface area contributed by atoms with Gasteiger partial charge in [-0.25, -0.2) is 4.79 Å². The number of aromatic amines is 1. The second-order valence-corrected chi connectivity index (χ2v) is 8.89. The quantitative estimate of drug-likeness (QED) is 0.581. The number of fused-ring (bicyclic) bond motifs is 1. The standard InChI is InChI=1S/C25H30N4O3/c1-25(2)17-28(13-14-29(25)15-18-9-5-4-6-10-18)16-21(30)27-22-19-11-7-8-12-20(19)26-23(22)24(31)32-3/h4-12,26H,13-17H2,1-3H3,(H,27,30). The van der Waals surface area contributed by atoms with Crippen LogP contribution in [-0.4, -0.2) is 65.5 Å². The molecule has 0 saturated carbocycles. The lowest BCUT2D eigenvalue weighted by atomic mass is 9.97. The summed E-state index contributed by atoms with van der Waals surface area (Å²) < 4.78 is 4.89. The van der Waals surface area contributed by atoms with Crippen LogP contribution in [0.1, 0.15) is 29.9 Å². The molecule has 4 rings (SSSR count). The molecular formula is C25H30N4O3. The summed E-state index contributed by atoms with van der Waals surface area (Å²) in [5.41, 5.74) is 2.74. The number of para-hydroxylation sites is 1. The summed E-state index contributed by atoms with van der Waals surface area (Å²) in [6, 6.07) is 18.0. The summed E-state index contributed by atoms with van der Waals surface area (Å²) in [7, 11) is 1.33. The van der Waals surface area contributed by atoms with Crippen LogP contribution < -0.4 is 5.32 Å². The van der Waals surface area contributed by atoms with Gasteiger partial charge in [0.15, 0.2) is 0 Å². The zero-order chi connectivity index (χ0) is 22.7. The number of methoxy groups -OCH3 is 1. The van der Waals surface area contributed by atoms with Crippen LogP contribution in [0.2, 0.25) is 0 Å². The fourth-order valence-corrected chi connectivity index (χ4v) is 4.43. The second kappa shape index (κ2) is 9.14. The Hall–Kier alpha value is -3.16. The number of hydrogen-bond acceptors (Lipinski definition) is 5. The first-order chi connectivity index (χ1) is 15.4. The van der Waals surface area contributed by atoms with Crippen molar-refractivity contribution in [2.45, 2.75) is 25.9 Å². The molecule has 0 spiro atoms. The number of hydrogen-bond donors (Lipinski definition) is 2. The van der Waals surface area contributed by atoms with Crippen molar-refractivity contribution in [2.75, 3.05) is 38.6 Å². The van der Waals surface area contributed by atoms with Gasteiger partial charge in [-0.05, 0) is 25.5 Å². The third-order valence-corrected chi connectivity index (χ3v) is 6.10. The van der Waals surface area contributed by atoms with Crippen molar-refractivity contribution in [2.24, 2.45) is 0 Å². The predicted octanol–water partition coefficient (Wildman–Crippen LogP) is 3.49. The van der Waals surface area contributed by atoms with Crippen LogP contribution in [0.5, 0.6) is 0 Å². The van der Waals surface area contributed by atoms with E-state index in [1.807, 2.05) is 30.3 Å². The van der Waals surface area contributed by atoms with E-state index < -0.39 is 5.97 Å². The van der Waals surface area contributed by atoms with Gasteiger partial charge in [-0.15, -0.1) is 0 Å². The Morgan fingerprint density at radius 2 is 1.78 bits per heavy atom. The molecular weight excluding hydrogens is 404 g/mol. The predicted molar refractivity (Wildman–Crippen MR) is 126 cm³/mol. The molecule has 1 amide bonds. The molecule has 7 heteroatoms. The number of carbonyl (C=O) groups excluding carboxylic acids is 2. The van der Waals surface area contributed by atoms with Crippen molar-refractivity contribution >= 4 is 28.5 Å². The highest BCUT2D eigenvalue weighted by molar-refractivity contribution is 6.11. The molecule has 0 bridgehead atoms. The highest BCUT2D eigenvalue weighted by Gasteiger charge is 2.34. The number of ether oxygens (including phenoxy) is 1. The van der Waals surface area contributed by atoms with E-state index in [1.54, 1.807) is 0 Å². The smallest absolute Gasteiger partial charge is 0.356 e. The Bertz CT molecular complexity index is 1110. The molecule has 2 aromatic carbocycles. The van der Waals surface area contributed by atoms with Crippen LogP contribution in [-0.2, 0) is 16.1 Å². The second-order valence-electron chi connectivity index (χ2n) is 8.89. The van der Waals surface area contributed by atoms with Crippen molar-refractivity contribution in [1.82, 2.24) is 14.8 Å². The summed E-state index contributed by atoms with van der Waals surface area (Å²) >= 11 is 0. The molecule has 0 unspecified atom stereocenters. The number of benzene rings is 2. The van der Waals surface area contributed by atoms with Gasteiger partial charge in [-0.3, -0.25) is 14.6 Å². The molecule has 1 aliphatic heterocycles. The third-order valence-electron chi connectivity index (χ3n) is 6.10. The summed E-state index contributed by atoms with van der Waals surface area (Å²) in [5, 5.41) is 3.73. The number of anilines is 1. The molecule has 1 aromatic heterocycles. The minimum absolute atomic E-state index is 0.0632. The fourth-order valence-electron chi connectivity index (χ4n) is 4.43. The van der Waals surface area contributed by atoms with Gasteiger partial charge in [-0.2, -0.15) is 0 Å². The number of amides is 1. The number of rotatable bonds is 6. The Morgan fingerprint density at radius 3 is 2.50 bits per heavy atom. The zero-order valence-corrected chi connectivity index (χ0v) is 18.9. The van der Waals surface area contributed by atoms with Gasteiger partial charge in [0.2, 0.25) is 5.91 Å². The molecule has 2 N–H and O–H groups in total. The van der Waals surface area contributed by atoms with Crippen LogP contribution in [0.15, 0.2) is 54.6 Å². The Labute approximate surface area is 188 Å². The first kappa shape index (κ1) is 22.0. The van der Waals surface area contributed by atoms with Gasteiger partial charge in [0.25, 0.3) is 0 Å². The largest absolute Gasteiger partial charge is 0.464 e. The average Bonchev–Trinajstić information content (AvgIpc) is 3.14. The third kappa shape index (κ3) is 4.69. The molecule has 7 nitrogen and oxygen atoms in total. The molecule has 3 aromatic rings. The Kier molecular flexibility index (Phi) is 6.30. The summed E-state index contributed by atoms with van der Waals surface area (Å²) in [4.78, 5) is 32.9. The minimum Gasteiger partial charge on any atom is -0.464 e. The van der Waals surface area contributed by atoms with E-state index in [0.717, 1.165) is 37.1 Å². The van der Waals surface area contributed by atoms with E-state index in [-0.39, 0.29) is 23.7 Å². The average molecular weight is 435 g/mol. The normalized spacial score (nSPS) is 16.7. The molecule has 1 saturated heterocycles. The van der Waals surface area contributed by atoms with Gasteiger partial charge in [0.1, 0.15) is 5.69 Å². The van der Waals surface area contributed by atoms with Gasteiger partial charge in [-0.1, -0.05) is 48.5 Å². The summed E-state index contributed by atoms with van der Waals surface area (Å²) in [6.45, 7) is 8.07. The molecule has 2 heterocycles. The topological polar surface area (TPSA) is 77.7 Å². The van der Waals surface area contributed by atoms with E-state index >= 15 is 0 Å². The van der Waals surface area contributed by atoms with Gasteiger partial charge in [0.05, 0.1) is 19.3 Å². The van der Waals surface area contributed by atoms with E-state index in [9.17, 15) is 9.59 Å². The fraction of sp³-hybridized carbons (Fsp3) is 0.360. The molecule has 168 valence electrons. The Balaban J connectivity index is 1.43. The summed E-state index contributed by atoms with van der Waals surface area (Å²) in [5.74, 6) is -0.653. The minimum atomic E-state index is -0.507. The molecule has 0 radical (unpaired) electrons. The SMILES string of the molecule is COC(=O)c1[nH]c2ccccc2c1NC(=O)CN1CCN(Cc2ccccc2)C(C)(C)C1. The van der Waals surface area contributed by atoms with Gasteiger partial charge < -0.3 is 15.0 Å². The number of nitrogens with one attached hydrogen (secondary N) is 2. The molecule has 1 fully saturated rings. The van der Waals surface area contributed by atoms with Crippen molar-refractivity contribution in [1.29, 1.82) is 0 Å². The van der Waals surface area contributed by atoms with Crippen LogP contribution in [0, 0.1) is 0 Å². The number of carbonyl (C=O) groups is 2. The number of aromatic nitrogens is 1. The molecule has 1 aliphatic rings. The molecule has 0 atom stereocenters. The van der Waals surface area contributed by atoms with Gasteiger partial charge >= 0.3 is 5.97 Å². The Morgan fingerprint density at radius 1 is 1.06 bits per heavy atom. The molecule has 0 aliphatic carbocycles. The lowest BCUT2D eigenvalue weighted by Gasteiger charge is -2.47. The van der Waals surface area contributed by atoms with E-state index in [1.165, 1.54) is 12.7 Å². The maximum absolute atomic E-state index is 12.9. The lowest BCUT2D eigenvalue weighted by molar-refractivity contribution is -0.118. The maximum atomic E-state index is 12.9. The van der Waals surface area contributed by atoms with E-state index in [2.05, 4.69) is 58.2 Å². The lowest BCUT2D eigenvalue weighted by Crippen LogP contribution is -2.59. The van der Waals surface area contributed by atoms with Gasteiger partial charge in [0, 0.05) is 42.6 Å². The summed E-state index contributed by atoms with van der Waals surface area (Å²) in [6.07, 6.45) is 0. The van der Waals surface area contributed by atoms with Crippen molar-refractivity contribution in [3.8, 4) is 0 Å². The number of piperazine rings is 1. The van der Waals surface area contributed by atoms with Crippen LogP contribution in [0.25, 0.3) is 10.9 Å². The zero-order valence-electron chi connectivity index (χ0n) is 18.9. The maximum Gasteiger partial charge on any atom is 0.356 e.